The fraction of sp³-hybridized carbons (Fsp3) is 0.235. The van der Waals surface area contributed by atoms with Crippen LogP contribution in [0.1, 0.15) is 16.8 Å². The first-order valence-electron chi connectivity index (χ1n) is 6.87. The van der Waals surface area contributed by atoms with Crippen LogP contribution in [-0.4, -0.2) is 26.6 Å². The van der Waals surface area contributed by atoms with E-state index >= 15 is 0 Å². The van der Waals surface area contributed by atoms with E-state index < -0.39 is 0 Å². The van der Waals surface area contributed by atoms with Gasteiger partial charge in [-0.3, -0.25) is 4.79 Å². The van der Waals surface area contributed by atoms with Gasteiger partial charge in [0.25, 0.3) is 0 Å². The van der Waals surface area contributed by atoms with Crippen LogP contribution in [0.25, 0.3) is 0 Å². The molecule has 0 amide bonds. The summed E-state index contributed by atoms with van der Waals surface area (Å²) in [6, 6.07) is 12.8. The Morgan fingerprint density at radius 1 is 1.00 bits per heavy atom. The van der Waals surface area contributed by atoms with Crippen molar-refractivity contribution in [2.24, 2.45) is 0 Å². The van der Waals surface area contributed by atoms with Gasteiger partial charge in [0.1, 0.15) is 17.2 Å². The fourth-order valence-electron chi connectivity index (χ4n) is 1.85. The number of carbonyl (C=O) groups is 1. The molecule has 0 spiro atoms. The molecule has 0 saturated heterocycles. The van der Waals surface area contributed by atoms with Gasteiger partial charge in [-0.2, -0.15) is 0 Å². The molecule has 0 atom stereocenters. The molecule has 4 nitrogen and oxygen atoms in total. The largest absolute Gasteiger partial charge is 0.497 e. The number of hydrogen-bond donors (Lipinski definition) is 0. The number of hydrogen-bond acceptors (Lipinski definition) is 4. The van der Waals surface area contributed by atoms with Crippen molar-refractivity contribution in [3.63, 3.8) is 0 Å². The van der Waals surface area contributed by atoms with Gasteiger partial charge < -0.3 is 14.2 Å². The van der Waals surface area contributed by atoms with Gasteiger partial charge in [-0.25, -0.2) is 0 Å². The molecule has 0 radical (unpaired) electrons. The van der Waals surface area contributed by atoms with Crippen molar-refractivity contribution in [1.29, 1.82) is 0 Å². The standard InChI is InChI=1S/C17H17BrO4/c1-20-15-4-6-16(7-5-15)21-9-2-10-22-17-8-3-14(18)11-13(17)12-19/h3-8,11-12H,2,9-10H2,1H3. The Labute approximate surface area is 138 Å². The van der Waals surface area contributed by atoms with E-state index in [1.165, 1.54) is 0 Å². The Balaban J connectivity index is 1.74. The Kier molecular flexibility index (Phi) is 6.27. The molecule has 2 aromatic rings. The molecule has 2 aromatic carbocycles. The highest BCUT2D eigenvalue weighted by atomic mass is 79.9. The quantitative estimate of drug-likeness (QED) is 0.522. The van der Waals surface area contributed by atoms with Gasteiger partial charge in [0.15, 0.2) is 6.29 Å². The third kappa shape index (κ3) is 4.77. The van der Waals surface area contributed by atoms with Gasteiger partial charge in [0.05, 0.1) is 25.9 Å². The molecule has 0 aliphatic heterocycles. The molecule has 0 aliphatic rings. The Morgan fingerprint density at radius 2 is 1.68 bits per heavy atom. The molecule has 0 saturated carbocycles. The van der Waals surface area contributed by atoms with Crippen molar-refractivity contribution in [2.75, 3.05) is 20.3 Å². The van der Waals surface area contributed by atoms with Gasteiger partial charge in [0.2, 0.25) is 0 Å². The van der Waals surface area contributed by atoms with Crippen molar-refractivity contribution in [2.45, 2.75) is 6.42 Å². The summed E-state index contributed by atoms with van der Waals surface area (Å²) in [4.78, 5) is 11.0. The van der Waals surface area contributed by atoms with Crippen LogP contribution >= 0.6 is 15.9 Å². The maximum absolute atomic E-state index is 11.0. The van der Waals surface area contributed by atoms with E-state index in [-0.39, 0.29) is 0 Å². The number of aldehydes is 1. The Bertz CT molecular complexity index is 611. The van der Waals surface area contributed by atoms with Gasteiger partial charge >= 0.3 is 0 Å². The normalized spacial score (nSPS) is 10.1. The van der Waals surface area contributed by atoms with Crippen molar-refractivity contribution >= 4 is 22.2 Å². The summed E-state index contributed by atoms with van der Waals surface area (Å²) in [5.74, 6) is 2.17. The lowest BCUT2D eigenvalue weighted by Crippen LogP contribution is -2.06. The lowest BCUT2D eigenvalue weighted by molar-refractivity contribution is 0.111. The van der Waals surface area contributed by atoms with E-state index in [0.717, 1.165) is 28.7 Å². The van der Waals surface area contributed by atoms with Crippen LogP contribution in [0.15, 0.2) is 46.9 Å². The van der Waals surface area contributed by atoms with E-state index in [1.807, 2.05) is 30.3 Å². The van der Waals surface area contributed by atoms with Crippen molar-refractivity contribution < 1.29 is 19.0 Å². The zero-order chi connectivity index (χ0) is 15.8. The van der Waals surface area contributed by atoms with Crippen LogP contribution in [0.5, 0.6) is 17.2 Å². The number of benzene rings is 2. The summed E-state index contributed by atoms with van der Waals surface area (Å²) in [5.41, 5.74) is 0.533. The van der Waals surface area contributed by atoms with Gasteiger partial charge in [-0.15, -0.1) is 0 Å². The maximum atomic E-state index is 11.0. The van der Waals surface area contributed by atoms with Gasteiger partial charge in [-0.1, -0.05) is 15.9 Å². The molecule has 0 fully saturated rings. The lowest BCUT2D eigenvalue weighted by atomic mass is 10.2. The molecular formula is C17H17BrO4. The number of carbonyl (C=O) groups excluding carboxylic acids is 1. The molecule has 0 aliphatic carbocycles. The molecule has 0 N–H and O–H groups in total. The first kappa shape index (κ1) is 16.4. The van der Waals surface area contributed by atoms with Crippen LogP contribution in [0.4, 0.5) is 0 Å². The van der Waals surface area contributed by atoms with E-state index in [2.05, 4.69) is 15.9 Å². The topological polar surface area (TPSA) is 44.8 Å². The van der Waals surface area contributed by atoms with Crippen molar-refractivity contribution in [1.82, 2.24) is 0 Å². The van der Waals surface area contributed by atoms with Crippen LogP contribution in [0, 0.1) is 0 Å². The smallest absolute Gasteiger partial charge is 0.153 e. The molecule has 0 aromatic heterocycles. The third-order valence-corrected chi connectivity index (χ3v) is 3.47. The van der Waals surface area contributed by atoms with Crippen molar-refractivity contribution in [3.8, 4) is 17.2 Å². The van der Waals surface area contributed by atoms with Gasteiger partial charge in [-0.05, 0) is 42.5 Å². The minimum atomic E-state index is 0.485. The minimum absolute atomic E-state index is 0.485. The van der Waals surface area contributed by atoms with Crippen LogP contribution in [0.3, 0.4) is 0 Å². The van der Waals surface area contributed by atoms with Crippen LogP contribution in [0.2, 0.25) is 0 Å². The molecule has 0 bridgehead atoms. The Hall–Kier alpha value is -2.01. The fourth-order valence-corrected chi connectivity index (χ4v) is 2.22. The first-order valence-corrected chi connectivity index (χ1v) is 7.66. The van der Waals surface area contributed by atoms with E-state index in [0.29, 0.717) is 24.5 Å². The van der Waals surface area contributed by atoms with Gasteiger partial charge in [0, 0.05) is 10.9 Å². The summed E-state index contributed by atoms with van der Waals surface area (Å²) in [7, 11) is 1.63. The number of ether oxygens (including phenoxy) is 3. The average molecular weight is 365 g/mol. The summed E-state index contributed by atoms with van der Waals surface area (Å²) in [5, 5.41) is 0. The zero-order valence-electron chi connectivity index (χ0n) is 12.3. The highest BCUT2D eigenvalue weighted by molar-refractivity contribution is 9.10. The molecule has 116 valence electrons. The highest BCUT2D eigenvalue weighted by Gasteiger charge is 2.03. The molecule has 22 heavy (non-hydrogen) atoms. The molecule has 2 rings (SSSR count). The second-order valence-electron chi connectivity index (χ2n) is 4.53. The SMILES string of the molecule is COc1ccc(OCCCOc2ccc(Br)cc2C=O)cc1. The maximum Gasteiger partial charge on any atom is 0.153 e. The highest BCUT2D eigenvalue weighted by Crippen LogP contribution is 2.22. The van der Waals surface area contributed by atoms with E-state index in [4.69, 9.17) is 14.2 Å². The summed E-state index contributed by atoms with van der Waals surface area (Å²) < 4.78 is 17.1. The molecule has 5 heteroatoms. The lowest BCUT2D eigenvalue weighted by Gasteiger charge is -2.10. The summed E-state index contributed by atoms with van der Waals surface area (Å²) >= 11 is 3.32. The molecule has 0 heterocycles. The predicted molar refractivity (Wildman–Crippen MR) is 88.1 cm³/mol. The second kappa shape index (κ2) is 8.44. The van der Waals surface area contributed by atoms with E-state index in [1.54, 1.807) is 19.2 Å². The Morgan fingerprint density at radius 3 is 2.36 bits per heavy atom. The van der Waals surface area contributed by atoms with Crippen molar-refractivity contribution in [3.05, 3.63) is 52.5 Å². The third-order valence-electron chi connectivity index (χ3n) is 2.97. The van der Waals surface area contributed by atoms with Crippen LogP contribution < -0.4 is 14.2 Å². The summed E-state index contributed by atoms with van der Waals surface area (Å²) in [6.07, 6.45) is 1.51. The predicted octanol–water partition coefficient (Wildman–Crippen LogP) is 4.12. The summed E-state index contributed by atoms with van der Waals surface area (Å²) in [6.45, 7) is 1.03. The number of rotatable bonds is 8. The molecule has 0 unspecified atom stereocenters. The minimum Gasteiger partial charge on any atom is -0.497 e. The molecular weight excluding hydrogens is 348 g/mol. The monoisotopic (exact) mass is 364 g/mol. The second-order valence-corrected chi connectivity index (χ2v) is 5.44. The first-order chi connectivity index (χ1) is 10.7. The number of halogens is 1. The number of methoxy groups -OCH3 is 1. The van der Waals surface area contributed by atoms with Crippen LogP contribution in [-0.2, 0) is 0 Å². The average Bonchev–Trinajstić information content (AvgIpc) is 2.56. The zero-order valence-corrected chi connectivity index (χ0v) is 13.8. The van der Waals surface area contributed by atoms with E-state index in [9.17, 15) is 4.79 Å².